The van der Waals surface area contributed by atoms with Crippen LogP contribution in [0.25, 0.3) is 0 Å². The number of hydrogen-bond donors (Lipinski definition) is 0. The van der Waals surface area contributed by atoms with Gasteiger partial charge >= 0.3 is 0 Å². The molecule has 1 unspecified atom stereocenters. The van der Waals surface area contributed by atoms with Gasteiger partial charge in [-0.2, -0.15) is 0 Å². The number of nitrogens with zero attached hydrogens (tertiary/aromatic N) is 1. The third kappa shape index (κ3) is 2.95. The second-order valence-electron chi connectivity index (χ2n) is 5.71. The van der Waals surface area contributed by atoms with Crippen molar-refractivity contribution < 1.29 is 13.9 Å². The van der Waals surface area contributed by atoms with E-state index < -0.39 is 0 Å². The summed E-state index contributed by atoms with van der Waals surface area (Å²) in [5.41, 5.74) is 1.67. The standard InChI is InChI=1S/C20H16FNO2/c21-17-6-2-1-5-16(17)19-10-8-14-13-15(9-11-18(14)24-19)23-20-7-3-4-12-22-20/h1-7,9,11-13,19H,8,10H2. The molecule has 1 aromatic heterocycles. The summed E-state index contributed by atoms with van der Waals surface area (Å²) in [6.07, 6.45) is 2.99. The average molecular weight is 321 g/mol. The van der Waals surface area contributed by atoms with Crippen molar-refractivity contribution in [2.45, 2.75) is 18.9 Å². The molecular weight excluding hydrogens is 305 g/mol. The van der Waals surface area contributed by atoms with Crippen LogP contribution >= 0.6 is 0 Å². The van der Waals surface area contributed by atoms with Crippen LogP contribution in [0.4, 0.5) is 4.39 Å². The van der Waals surface area contributed by atoms with E-state index in [2.05, 4.69) is 4.98 Å². The van der Waals surface area contributed by atoms with E-state index in [0.717, 1.165) is 29.9 Å². The number of benzene rings is 2. The van der Waals surface area contributed by atoms with Gasteiger partial charge in [0.05, 0.1) is 0 Å². The molecule has 0 aliphatic carbocycles. The minimum atomic E-state index is -0.249. The second-order valence-corrected chi connectivity index (χ2v) is 5.71. The Morgan fingerprint density at radius 3 is 2.75 bits per heavy atom. The summed E-state index contributed by atoms with van der Waals surface area (Å²) >= 11 is 0. The number of ether oxygens (including phenoxy) is 2. The van der Waals surface area contributed by atoms with Crippen LogP contribution in [0, 0.1) is 5.82 Å². The smallest absolute Gasteiger partial charge is 0.219 e. The summed E-state index contributed by atoms with van der Waals surface area (Å²) < 4.78 is 25.7. The van der Waals surface area contributed by atoms with Gasteiger partial charge in [-0.15, -0.1) is 0 Å². The molecule has 3 aromatic rings. The first-order valence-electron chi connectivity index (χ1n) is 7.92. The van der Waals surface area contributed by atoms with Gasteiger partial charge in [-0.05, 0) is 48.7 Å². The van der Waals surface area contributed by atoms with E-state index in [1.165, 1.54) is 6.07 Å². The quantitative estimate of drug-likeness (QED) is 0.674. The van der Waals surface area contributed by atoms with Gasteiger partial charge in [0.25, 0.3) is 0 Å². The molecule has 0 bridgehead atoms. The van der Waals surface area contributed by atoms with E-state index in [0.29, 0.717) is 11.4 Å². The Morgan fingerprint density at radius 2 is 1.92 bits per heavy atom. The second kappa shape index (κ2) is 6.32. The van der Waals surface area contributed by atoms with Crippen LogP contribution in [0.5, 0.6) is 17.4 Å². The van der Waals surface area contributed by atoms with Crippen LogP contribution in [0.2, 0.25) is 0 Å². The third-order valence-electron chi connectivity index (χ3n) is 4.09. The fourth-order valence-electron chi connectivity index (χ4n) is 2.91. The first-order chi connectivity index (χ1) is 11.8. The van der Waals surface area contributed by atoms with Crippen molar-refractivity contribution in [3.8, 4) is 17.4 Å². The zero-order valence-electron chi connectivity index (χ0n) is 13.0. The number of aryl methyl sites for hydroxylation is 1. The van der Waals surface area contributed by atoms with Crippen molar-refractivity contribution >= 4 is 0 Å². The number of rotatable bonds is 3. The molecule has 1 aliphatic heterocycles. The van der Waals surface area contributed by atoms with Crippen molar-refractivity contribution in [2.75, 3.05) is 0 Å². The molecule has 4 rings (SSSR count). The number of fused-ring (bicyclic) bond motifs is 1. The molecule has 2 aromatic carbocycles. The van der Waals surface area contributed by atoms with Gasteiger partial charge in [0, 0.05) is 17.8 Å². The highest BCUT2D eigenvalue weighted by Gasteiger charge is 2.24. The summed E-state index contributed by atoms with van der Waals surface area (Å²) in [6, 6.07) is 18.0. The van der Waals surface area contributed by atoms with E-state index in [-0.39, 0.29) is 11.9 Å². The van der Waals surface area contributed by atoms with Gasteiger partial charge in [-0.25, -0.2) is 9.37 Å². The van der Waals surface area contributed by atoms with Crippen molar-refractivity contribution in [3.05, 3.63) is 83.8 Å². The van der Waals surface area contributed by atoms with Gasteiger partial charge < -0.3 is 9.47 Å². The van der Waals surface area contributed by atoms with Gasteiger partial charge in [0.15, 0.2) is 0 Å². The molecule has 4 heteroatoms. The largest absolute Gasteiger partial charge is 0.485 e. The van der Waals surface area contributed by atoms with Crippen molar-refractivity contribution in [1.82, 2.24) is 4.98 Å². The summed E-state index contributed by atoms with van der Waals surface area (Å²) in [5, 5.41) is 0. The van der Waals surface area contributed by atoms with Crippen LogP contribution in [0.15, 0.2) is 66.9 Å². The van der Waals surface area contributed by atoms with E-state index in [9.17, 15) is 4.39 Å². The Morgan fingerprint density at radius 1 is 1.04 bits per heavy atom. The molecule has 0 N–H and O–H groups in total. The van der Waals surface area contributed by atoms with Gasteiger partial charge in [0.2, 0.25) is 5.88 Å². The molecule has 0 amide bonds. The minimum Gasteiger partial charge on any atom is -0.485 e. The lowest BCUT2D eigenvalue weighted by atomic mass is 9.97. The van der Waals surface area contributed by atoms with E-state index >= 15 is 0 Å². The predicted molar refractivity (Wildman–Crippen MR) is 88.8 cm³/mol. The Kier molecular flexibility index (Phi) is 3.87. The Bertz CT molecular complexity index is 851. The summed E-state index contributed by atoms with van der Waals surface area (Å²) in [7, 11) is 0. The lowest BCUT2D eigenvalue weighted by Crippen LogP contribution is -2.16. The van der Waals surface area contributed by atoms with Crippen molar-refractivity contribution in [1.29, 1.82) is 0 Å². The molecule has 0 saturated heterocycles. The highest BCUT2D eigenvalue weighted by Crippen LogP contribution is 2.37. The van der Waals surface area contributed by atoms with Gasteiger partial charge in [0.1, 0.15) is 23.4 Å². The lowest BCUT2D eigenvalue weighted by Gasteiger charge is -2.27. The monoisotopic (exact) mass is 321 g/mol. The molecule has 0 saturated carbocycles. The van der Waals surface area contributed by atoms with E-state index in [4.69, 9.17) is 9.47 Å². The third-order valence-corrected chi connectivity index (χ3v) is 4.09. The van der Waals surface area contributed by atoms with Crippen LogP contribution in [0.1, 0.15) is 23.7 Å². The molecular formula is C20H16FNO2. The fourth-order valence-corrected chi connectivity index (χ4v) is 2.91. The Balaban J connectivity index is 1.54. The fraction of sp³-hybridized carbons (Fsp3) is 0.150. The first-order valence-corrected chi connectivity index (χ1v) is 7.92. The highest BCUT2D eigenvalue weighted by atomic mass is 19.1. The zero-order chi connectivity index (χ0) is 16.4. The van der Waals surface area contributed by atoms with Gasteiger partial charge in [-0.3, -0.25) is 0 Å². The topological polar surface area (TPSA) is 31.4 Å². The Labute approximate surface area is 139 Å². The van der Waals surface area contributed by atoms with Crippen LogP contribution in [0.3, 0.4) is 0 Å². The molecule has 120 valence electrons. The highest BCUT2D eigenvalue weighted by molar-refractivity contribution is 5.43. The molecule has 0 fully saturated rings. The number of halogens is 1. The number of hydrogen-bond acceptors (Lipinski definition) is 3. The maximum Gasteiger partial charge on any atom is 0.219 e. The first kappa shape index (κ1) is 14.7. The molecule has 0 radical (unpaired) electrons. The van der Waals surface area contributed by atoms with Crippen LogP contribution in [-0.4, -0.2) is 4.98 Å². The maximum absolute atomic E-state index is 13.9. The maximum atomic E-state index is 13.9. The summed E-state index contributed by atoms with van der Waals surface area (Å²) in [6.45, 7) is 0. The van der Waals surface area contributed by atoms with E-state index in [1.54, 1.807) is 18.3 Å². The SMILES string of the molecule is Fc1ccccc1C1CCc2cc(Oc3ccccn3)ccc2O1. The van der Waals surface area contributed by atoms with E-state index in [1.807, 2.05) is 42.5 Å². The van der Waals surface area contributed by atoms with Crippen LogP contribution < -0.4 is 9.47 Å². The average Bonchev–Trinajstić information content (AvgIpc) is 2.63. The molecule has 1 aliphatic rings. The summed E-state index contributed by atoms with van der Waals surface area (Å²) in [4.78, 5) is 4.15. The van der Waals surface area contributed by atoms with Crippen molar-refractivity contribution in [3.63, 3.8) is 0 Å². The normalized spacial score (nSPS) is 16.1. The van der Waals surface area contributed by atoms with Crippen LogP contribution in [-0.2, 0) is 6.42 Å². The number of pyridine rings is 1. The predicted octanol–water partition coefficient (Wildman–Crippen LogP) is 5.08. The molecule has 2 heterocycles. The summed E-state index contributed by atoms with van der Waals surface area (Å²) in [5.74, 6) is 1.84. The minimum absolute atomic E-state index is 0.221. The molecule has 0 spiro atoms. The Hall–Kier alpha value is -2.88. The molecule has 24 heavy (non-hydrogen) atoms. The van der Waals surface area contributed by atoms with Gasteiger partial charge in [-0.1, -0.05) is 24.3 Å². The zero-order valence-corrected chi connectivity index (χ0v) is 13.0. The molecule has 3 nitrogen and oxygen atoms in total. The molecule has 1 atom stereocenters. The lowest BCUT2D eigenvalue weighted by molar-refractivity contribution is 0.172. The van der Waals surface area contributed by atoms with Crippen molar-refractivity contribution in [2.24, 2.45) is 0 Å². The number of aromatic nitrogens is 1.